The molecule has 1 radical (unpaired) electrons. The first-order chi connectivity index (χ1) is 5.86. The van der Waals surface area contributed by atoms with Gasteiger partial charge in [-0.05, 0) is 18.8 Å². The fourth-order valence-electron chi connectivity index (χ4n) is 2.18. The summed E-state index contributed by atoms with van der Waals surface area (Å²) in [5.74, 6) is 0.842. The summed E-state index contributed by atoms with van der Waals surface area (Å²) < 4.78 is 0. The van der Waals surface area contributed by atoms with Crippen molar-refractivity contribution in [2.24, 2.45) is 5.92 Å². The van der Waals surface area contributed by atoms with Crippen molar-refractivity contribution >= 4 is 6.41 Å². The van der Waals surface area contributed by atoms with E-state index in [-0.39, 0.29) is 0 Å². The second kappa shape index (κ2) is 5.18. The Bertz CT molecular complexity index is 134. The zero-order valence-electron chi connectivity index (χ0n) is 7.81. The minimum absolute atomic E-state index is 0.410. The molecule has 1 aliphatic rings. The van der Waals surface area contributed by atoms with E-state index >= 15 is 0 Å². The second-order valence-corrected chi connectivity index (χ2v) is 3.76. The minimum Gasteiger partial charge on any atom is -0.345 e. The first-order valence-electron chi connectivity index (χ1n) is 4.99. The van der Waals surface area contributed by atoms with Gasteiger partial charge in [0.15, 0.2) is 0 Å². The van der Waals surface area contributed by atoms with Crippen molar-refractivity contribution in [3.63, 3.8) is 0 Å². The van der Waals surface area contributed by atoms with Crippen LogP contribution in [0.4, 0.5) is 0 Å². The summed E-state index contributed by atoms with van der Waals surface area (Å²) >= 11 is 0. The molecule has 2 heteroatoms. The Morgan fingerprint density at radius 3 is 3.00 bits per heavy atom. The van der Waals surface area contributed by atoms with Gasteiger partial charge in [0.05, 0.1) is 0 Å². The van der Waals surface area contributed by atoms with Crippen LogP contribution in [0.2, 0.25) is 0 Å². The van der Waals surface area contributed by atoms with E-state index in [9.17, 15) is 4.79 Å². The lowest BCUT2D eigenvalue weighted by atomic mass is 9.83. The number of nitrogens with one attached hydrogen (secondary N) is 1. The molecule has 12 heavy (non-hydrogen) atoms. The van der Waals surface area contributed by atoms with Crippen LogP contribution >= 0.6 is 0 Å². The normalized spacial score (nSPS) is 29.8. The summed E-state index contributed by atoms with van der Waals surface area (Å²) in [5.41, 5.74) is 0. The Kier molecular flexibility index (Phi) is 4.12. The Balaban J connectivity index is 2.24. The van der Waals surface area contributed by atoms with E-state index in [2.05, 4.69) is 12.2 Å². The van der Waals surface area contributed by atoms with Gasteiger partial charge in [-0.2, -0.15) is 0 Å². The quantitative estimate of drug-likeness (QED) is 0.639. The highest BCUT2D eigenvalue weighted by molar-refractivity contribution is 5.47. The number of carbonyl (C=O) groups excluding carboxylic acids is 1. The Hall–Kier alpha value is -0.530. The summed E-state index contributed by atoms with van der Waals surface area (Å²) in [7, 11) is 0. The Morgan fingerprint density at radius 2 is 2.33 bits per heavy atom. The number of amides is 1. The predicted octanol–water partition coefficient (Wildman–Crippen LogP) is 2.00. The molecule has 0 saturated heterocycles. The molecule has 0 aromatic rings. The standard InChI is InChI=1S/C10H18NO/c1-2-4-9-5-3-6-10(7-9)11-8-12/h9-10H,2-7H2,1H3,(H,11,12). The van der Waals surface area contributed by atoms with Gasteiger partial charge in [0.1, 0.15) is 0 Å². The van der Waals surface area contributed by atoms with Gasteiger partial charge in [-0.25, -0.2) is 0 Å². The summed E-state index contributed by atoms with van der Waals surface area (Å²) in [6, 6.07) is 0.410. The lowest BCUT2D eigenvalue weighted by Crippen LogP contribution is -2.33. The summed E-state index contributed by atoms with van der Waals surface area (Å²) in [4.78, 5) is 10.1. The topological polar surface area (TPSA) is 29.1 Å². The van der Waals surface area contributed by atoms with Gasteiger partial charge in [0.25, 0.3) is 0 Å². The molecule has 0 aliphatic heterocycles. The first-order valence-corrected chi connectivity index (χ1v) is 4.99. The van der Waals surface area contributed by atoms with Crippen LogP contribution in [0.3, 0.4) is 0 Å². The van der Waals surface area contributed by atoms with Gasteiger partial charge in [0, 0.05) is 6.04 Å². The molecule has 1 N–H and O–H groups in total. The third-order valence-corrected chi connectivity index (χ3v) is 2.74. The number of hydrogen-bond acceptors (Lipinski definition) is 1. The van der Waals surface area contributed by atoms with Crippen molar-refractivity contribution in [3.05, 3.63) is 0 Å². The van der Waals surface area contributed by atoms with Gasteiger partial charge in [-0.1, -0.05) is 32.6 Å². The van der Waals surface area contributed by atoms with Crippen LogP contribution < -0.4 is 5.32 Å². The smallest absolute Gasteiger partial charge is 0.309 e. The molecule has 2 nitrogen and oxygen atoms in total. The van der Waals surface area contributed by atoms with Gasteiger partial charge in [-0.15, -0.1) is 0 Å². The summed E-state index contributed by atoms with van der Waals surface area (Å²) in [6.45, 7) is 2.23. The molecule has 1 amide bonds. The van der Waals surface area contributed by atoms with Crippen LogP contribution in [0.5, 0.6) is 0 Å². The molecule has 2 atom stereocenters. The molecule has 69 valence electrons. The van der Waals surface area contributed by atoms with Crippen LogP contribution in [-0.2, 0) is 4.79 Å². The number of rotatable bonds is 4. The van der Waals surface area contributed by atoms with Crippen LogP contribution in [0.25, 0.3) is 0 Å². The molecule has 0 heterocycles. The van der Waals surface area contributed by atoms with E-state index in [1.54, 1.807) is 6.41 Å². The monoisotopic (exact) mass is 168 g/mol. The minimum atomic E-state index is 0.410. The van der Waals surface area contributed by atoms with E-state index < -0.39 is 0 Å². The van der Waals surface area contributed by atoms with E-state index in [1.807, 2.05) is 0 Å². The molecular weight excluding hydrogens is 150 g/mol. The summed E-state index contributed by atoms with van der Waals surface area (Å²) in [5, 5.41) is 2.77. The SMILES string of the molecule is CCCC1CCCC(N[C]=O)C1. The highest BCUT2D eigenvalue weighted by atomic mass is 16.1. The van der Waals surface area contributed by atoms with E-state index in [0.29, 0.717) is 6.04 Å². The molecular formula is C10H18NO. The Morgan fingerprint density at radius 1 is 1.50 bits per heavy atom. The maximum atomic E-state index is 10.1. The highest BCUT2D eigenvalue weighted by Crippen LogP contribution is 2.27. The van der Waals surface area contributed by atoms with Gasteiger partial charge < -0.3 is 5.32 Å². The average molecular weight is 168 g/mol. The maximum absolute atomic E-state index is 10.1. The summed E-state index contributed by atoms with van der Waals surface area (Å²) in [6.07, 6.45) is 9.32. The third-order valence-electron chi connectivity index (χ3n) is 2.74. The average Bonchev–Trinajstić information content (AvgIpc) is 2.06. The van der Waals surface area contributed by atoms with Crippen molar-refractivity contribution in [3.8, 4) is 0 Å². The second-order valence-electron chi connectivity index (χ2n) is 3.76. The highest BCUT2D eigenvalue weighted by Gasteiger charge is 2.20. The van der Waals surface area contributed by atoms with Crippen molar-refractivity contribution in [2.75, 3.05) is 0 Å². The van der Waals surface area contributed by atoms with Gasteiger partial charge in [-0.3, -0.25) is 4.79 Å². The van der Waals surface area contributed by atoms with Crippen LogP contribution in [0, 0.1) is 5.92 Å². The molecule has 1 fully saturated rings. The molecule has 1 rings (SSSR count). The molecule has 1 aliphatic carbocycles. The van der Waals surface area contributed by atoms with Gasteiger partial charge >= 0.3 is 6.41 Å². The van der Waals surface area contributed by atoms with Gasteiger partial charge in [0.2, 0.25) is 0 Å². The fraction of sp³-hybridized carbons (Fsp3) is 0.900. The fourth-order valence-corrected chi connectivity index (χ4v) is 2.18. The maximum Gasteiger partial charge on any atom is 0.309 e. The molecule has 0 aromatic heterocycles. The van der Waals surface area contributed by atoms with Crippen molar-refractivity contribution in [2.45, 2.75) is 51.5 Å². The third kappa shape index (κ3) is 2.84. The van der Waals surface area contributed by atoms with Crippen LogP contribution in [0.15, 0.2) is 0 Å². The lowest BCUT2D eigenvalue weighted by molar-refractivity contribution is 0.288. The molecule has 2 unspecified atom stereocenters. The van der Waals surface area contributed by atoms with Crippen molar-refractivity contribution in [1.82, 2.24) is 5.32 Å². The Labute approximate surface area is 74.7 Å². The molecule has 1 saturated carbocycles. The van der Waals surface area contributed by atoms with Crippen LogP contribution in [-0.4, -0.2) is 12.5 Å². The van der Waals surface area contributed by atoms with Crippen molar-refractivity contribution < 1.29 is 4.79 Å². The van der Waals surface area contributed by atoms with E-state index in [1.165, 1.54) is 32.1 Å². The molecule has 0 bridgehead atoms. The molecule has 0 aromatic carbocycles. The predicted molar refractivity (Wildman–Crippen MR) is 49.5 cm³/mol. The van der Waals surface area contributed by atoms with Crippen molar-refractivity contribution in [1.29, 1.82) is 0 Å². The van der Waals surface area contributed by atoms with Crippen LogP contribution in [0.1, 0.15) is 45.4 Å². The van der Waals surface area contributed by atoms with E-state index in [4.69, 9.17) is 0 Å². The lowest BCUT2D eigenvalue weighted by Gasteiger charge is -2.28. The zero-order valence-corrected chi connectivity index (χ0v) is 7.81. The zero-order chi connectivity index (χ0) is 8.81. The largest absolute Gasteiger partial charge is 0.345 e. The molecule has 0 spiro atoms. The van der Waals surface area contributed by atoms with E-state index in [0.717, 1.165) is 12.3 Å². The first kappa shape index (κ1) is 9.56. The number of hydrogen-bond donors (Lipinski definition) is 1.